The fraction of sp³-hybridized carbons (Fsp3) is 0.304. The molecule has 0 spiro atoms. The molecule has 0 saturated heterocycles. The maximum absolute atomic E-state index is 12.4. The number of rotatable bonds is 9. The van der Waals surface area contributed by atoms with Gasteiger partial charge in [-0.3, -0.25) is 4.79 Å². The van der Waals surface area contributed by atoms with Crippen LogP contribution in [-0.2, 0) is 33.4 Å². The van der Waals surface area contributed by atoms with Crippen LogP contribution in [0.15, 0.2) is 66.2 Å². The molecule has 0 aliphatic heterocycles. The molecule has 2 aromatic carbocycles. The SMILES string of the molecule is C=CCn1c(=NC(=O)CCCS(=O)(=O)Cc2ccccc2)sc2cc(CC)ccc21. The average molecular weight is 443 g/mol. The number of amides is 1. The quantitative estimate of drug-likeness (QED) is 0.465. The van der Waals surface area contributed by atoms with E-state index >= 15 is 0 Å². The molecule has 3 aromatic rings. The van der Waals surface area contributed by atoms with E-state index in [2.05, 4.69) is 30.6 Å². The van der Waals surface area contributed by atoms with Gasteiger partial charge in [0.25, 0.3) is 0 Å². The normalized spacial score (nSPS) is 12.4. The minimum atomic E-state index is -3.26. The van der Waals surface area contributed by atoms with Crippen molar-refractivity contribution in [2.75, 3.05) is 5.75 Å². The molecule has 7 heteroatoms. The Labute approximate surface area is 181 Å². The number of aromatic nitrogens is 1. The summed E-state index contributed by atoms with van der Waals surface area (Å²) in [4.78, 5) is 17.3. The molecule has 0 fully saturated rings. The van der Waals surface area contributed by atoms with E-state index in [1.807, 2.05) is 28.8 Å². The second-order valence-corrected chi connectivity index (χ2v) is 10.3. The Hall–Kier alpha value is -2.51. The van der Waals surface area contributed by atoms with Crippen molar-refractivity contribution in [2.45, 2.75) is 38.5 Å². The van der Waals surface area contributed by atoms with Crippen molar-refractivity contribution < 1.29 is 13.2 Å². The molecule has 0 aliphatic carbocycles. The number of fused-ring (bicyclic) bond motifs is 1. The van der Waals surface area contributed by atoms with Crippen LogP contribution in [0.25, 0.3) is 10.2 Å². The molecule has 3 rings (SSSR count). The zero-order chi connectivity index (χ0) is 21.6. The molecule has 1 heterocycles. The van der Waals surface area contributed by atoms with E-state index < -0.39 is 9.84 Å². The van der Waals surface area contributed by atoms with Crippen LogP contribution >= 0.6 is 11.3 Å². The van der Waals surface area contributed by atoms with Crippen LogP contribution in [0.3, 0.4) is 0 Å². The molecule has 0 N–H and O–H groups in total. The van der Waals surface area contributed by atoms with E-state index in [0.717, 1.165) is 22.2 Å². The third-order valence-corrected chi connectivity index (χ3v) is 7.49. The molecule has 158 valence electrons. The highest BCUT2D eigenvalue weighted by atomic mass is 32.2. The summed E-state index contributed by atoms with van der Waals surface area (Å²) in [6.45, 7) is 6.46. The van der Waals surface area contributed by atoms with E-state index in [9.17, 15) is 13.2 Å². The van der Waals surface area contributed by atoms with E-state index in [1.54, 1.807) is 18.2 Å². The van der Waals surface area contributed by atoms with Gasteiger partial charge in [-0.05, 0) is 36.1 Å². The first-order valence-corrected chi connectivity index (χ1v) is 12.6. The molecule has 0 radical (unpaired) electrons. The van der Waals surface area contributed by atoms with E-state index in [-0.39, 0.29) is 30.3 Å². The molecular weight excluding hydrogens is 416 g/mol. The van der Waals surface area contributed by atoms with Crippen molar-refractivity contribution in [3.63, 3.8) is 0 Å². The van der Waals surface area contributed by atoms with Gasteiger partial charge in [0.05, 0.1) is 21.7 Å². The molecule has 0 unspecified atom stereocenters. The van der Waals surface area contributed by atoms with Crippen LogP contribution in [0, 0.1) is 0 Å². The lowest BCUT2D eigenvalue weighted by molar-refractivity contribution is -0.118. The number of aryl methyl sites for hydroxylation is 1. The van der Waals surface area contributed by atoms with Gasteiger partial charge in [-0.15, -0.1) is 6.58 Å². The predicted octanol–water partition coefficient (Wildman–Crippen LogP) is 4.27. The number of allylic oxidation sites excluding steroid dienone is 1. The van der Waals surface area contributed by atoms with Gasteiger partial charge >= 0.3 is 0 Å². The minimum Gasteiger partial charge on any atom is -0.313 e. The average Bonchev–Trinajstić information content (AvgIpc) is 3.04. The van der Waals surface area contributed by atoms with Crippen LogP contribution in [-0.4, -0.2) is 24.6 Å². The van der Waals surface area contributed by atoms with Crippen molar-refractivity contribution in [1.29, 1.82) is 0 Å². The lowest BCUT2D eigenvalue weighted by atomic mass is 10.2. The van der Waals surface area contributed by atoms with E-state index in [0.29, 0.717) is 11.3 Å². The Morgan fingerprint density at radius 1 is 1.17 bits per heavy atom. The highest BCUT2D eigenvalue weighted by Crippen LogP contribution is 2.20. The third kappa shape index (κ3) is 5.77. The lowest BCUT2D eigenvalue weighted by Crippen LogP contribution is -2.16. The number of carbonyl (C=O) groups is 1. The molecular formula is C23H26N2O3S2. The van der Waals surface area contributed by atoms with Crippen molar-refractivity contribution in [2.24, 2.45) is 4.99 Å². The summed E-state index contributed by atoms with van der Waals surface area (Å²) < 4.78 is 27.6. The predicted molar refractivity (Wildman–Crippen MR) is 123 cm³/mol. The van der Waals surface area contributed by atoms with Crippen LogP contribution in [0.2, 0.25) is 0 Å². The number of sulfone groups is 1. The summed E-state index contributed by atoms with van der Waals surface area (Å²) >= 11 is 1.47. The van der Waals surface area contributed by atoms with Crippen LogP contribution in [0.1, 0.15) is 30.9 Å². The highest BCUT2D eigenvalue weighted by Gasteiger charge is 2.13. The first kappa shape index (κ1) is 22.2. The number of hydrogen-bond acceptors (Lipinski definition) is 4. The van der Waals surface area contributed by atoms with Crippen molar-refractivity contribution in [3.8, 4) is 0 Å². The molecule has 30 heavy (non-hydrogen) atoms. The summed E-state index contributed by atoms with van der Waals surface area (Å²) in [7, 11) is -3.26. The number of carbonyl (C=O) groups excluding carboxylic acids is 1. The molecule has 0 aliphatic rings. The highest BCUT2D eigenvalue weighted by molar-refractivity contribution is 7.90. The molecule has 5 nitrogen and oxygen atoms in total. The molecule has 0 saturated carbocycles. The zero-order valence-corrected chi connectivity index (χ0v) is 18.7. The monoisotopic (exact) mass is 442 g/mol. The second kappa shape index (κ2) is 10.00. The van der Waals surface area contributed by atoms with E-state index in [1.165, 1.54) is 16.9 Å². The van der Waals surface area contributed by atoms with Gasteiger partial charge in [0.2, 0.25) is 5.91 Å². The summed E-state index contributed by atoms with van der Waals surface area (Å²) in [5, 5.41) is 0. The summed E-state index contributed by atoms with van der Waals surface area (Å²) in [5.74, 6) is -0.332. The second-order valence-electron chi connectivity index (χ2n) is 7.13. The van der Waals surface area contributed by atoms with Crippen molar-refractivity contribution in [3.05, 3.63) is 77.1 Å². The fourth-order valence-corrected chi connectivity index (χ4v) is 5.78. The Balaban J connectivity index is 1.70. The molecule has 0 atom stereocenters. The number of thiazole rings is 1. The van der Waals surface area contributed by atoms with Crippen LogP contribution < -0.4 is 4.80 Å². The van der Waals surface area contributed by atoms with Gasteiger partial charge in [-0.2, -0.15) is 4.99 Å². The van der Waals surface area contributed by atoms with Crippen LogP contribution in [0.5, 0.6) is 0 Å². The Morgan fingerprint density at radius 3 is 2.63 bits per heavy atom. The smallest absolute Gasteiger partial charge is 0.248 e. The standard InChI is InChI=1S/C23H26N2O3S2/c1-3-14-25-20-13-12-18(4-2)16-21(20)29-23(25)24-22(26)11-8-15-30(27,28)17-19-9-6-5-7-10-19/h3,5-7,9-10,12-13,16H,1,4,8,11,14-15,17H2,2H3. The molecule has 1 aromatic heterocycles. The largest absolute Gasteiger partial charge is 0.313 e. The number of nitrogens with zero attached hydrogens (tertiary/aromatic N) is 2. The zero-order valence-electron chi connectivity index (χ0n) is 17.1. The summed E-state index contributed by atoms with van der Waals surface area (Å²) in [5.41, 5.74) is 3.01. The van der Waals surface area contributed by atoms with Gasteiger partial charge in [0, 0.05) is 13.0 Å². The van der Waals surface area contributed by atoms with Gasteiger partial charge < -0.3 is 4.57 Å². The Morgan fingerprint density at radius 2 is 1.93 bits per heavy atom. The van der Waals surface area contributed by atoms with Gasteiger partial charge in [0.1, 0.15) is 0 Å². The minimum absolute atomic E-state index is 0.00537. The molecule has 0 bridgehead atoms. The third-order valence-electron chi connectivity index (χ3n) is 4.76. The van der Waals surface area contributed by atoms with E-state index in [4.69, 9.17) is 0 Å². The summed E-state index contributed by atoms with van der Waals surface area (Å²) in [6, 6.07) is 15.3. The van der Waals surface area contributed by atoms with Gasteiger partial charge in [-0.25, -0.2) is 8.42 Å². The number of benzene rings is 2. The topological polar surface area (TPSA) is 68.5 Å². The van der Waals surface area contributed by atoms with Crippen molar-refractivity contribution in [1.82, 2.24) is 4.57 Å². The first-order chi connectivity index (χ1) is 14.4. The first-order valence-electron chi connectivity index (χ1n) is 9.97. The lowest BCUT2D eigenvalue weighted by Gasteiger charge is -2.04. The van der Waals surface area contributed by atoms with Gasteiger partial charge in [0.15, 0.2) is 14.6 Å². The molecule has 1 amide bonds. The maximum Gasteiger partial charge on any atom is 0.248 e. The van der Waals surface area contributed by atoms with Crippen molar-refractivity contribution >= 4 is 37.3 Å². The van der Waals surface area contributed by atoms with Gasteiger partial charge in [-0.1, -0.05) is 60.7 Å². The maximum atomic E-state index is 12.4. The Bertz CT molecular complexity index is 1210. The number of hydrogen-bond donors (Lipinski definition) is 0. The van der Waals surface area contributed by atoms with Crippen LogP contribution in [0.4, 0.5) is 0 Å². The fourth-order valence-electron chi connectivity index (χ4n) is 3.23. The summed E-state index contributed by atoms with van der Waals surface area (Å²) in [6.07, 6.45) is 3.10. The Kier molecular flexibility index (Phi) is 7.39.